The van der Waals surface area contributed by atoms with E-state index in [2.05, 4.69) is 15.2 Å². The molecule has 0 atom stereocenters. The number of thioether (sulfide) groups is 1. The van der Waals surface area contributed by atoms with Gasteiger partial charge in [0.1, 0.15) is 5.69 Å². The average molecular weight is 386 g/mol. The fourth-order valence-corrected chi connectivity index (χ4v) is 3.63. The van der Waals surface area contributed by atoms with Gasteiger partial charge < -0.3 is 0 Å². The van der Waals surface area contributed by atoms with E-state index < -0.39 is 0 Å². The molecule has 0 N–H and O–H groups in total. The molecule has 5 nitrogen and oxygen atoms in total. The fraction of sp³-hybridized carbons (Fsp3) is 0.0909. The minimum Gasteiger partial charge on any atom is -0.293 e. The third kappa shape index (κ3) is 3.87. The van der Waals surface area contributed by atoms with E-state index in [1.807, 2.05) is 84.3 Å². The first kappa shape index (κ1) is 18.1. The summed E-state index contributed by atoms with van der Waals surface area (Å²) in [5.74, 6) is 1.00. The summed E-state index contributed by atoms with van der Waals surface area (Å²) < 4.78 is 1.94. The molecule has 138 valence electrons. The quantitative estimate of drug-likeness (QED) is 0.358. The molecule has 2 aromatic carbocycles. The number of carbonyl (C=O) groups excluding carboxylic acids is 1. The number of rotatable bonds is 6. The Kier molecular flexibility index (Phi) is 5.30. The zero-order valence-electron chi connectivity index (χ0n) is 15.3. The van der Waals surface area contributed by atoms with E-state index in [4.69, 9.17) is 0 Å². The number of benzene rings is 2. The summed E-state index contributed by atoms with van der Waals surface area (Å²) in [6.45, 7) is 2.00. The minimum absolute atomic E-state index is 0.0620. The average Bonchev–Trinajstić information content (AvgIpc) is 3.18. The summed E-state index contributed by atoms with van der Waals surface area (Å²) in [6, 6.07) is 23.2. The summed E-state index contributed by atoms with van der Waals surface area (Å²) in [5.41, 5.74) is 3.50. The van der Waals surface area contributed by atoms with Crippen LogP contribution in [0.5, 0.6) is 0 Å². The van der Waals surface area contributed by atoms with Crippen molar-refractivity contribution in [2.75, 3.05) is 5.75 Å². The van der Waals surface area contributed by atoms with Gasteiger partial charge in [0.15, 0.2) is 16.8 Å². The number of aryl methyl sites for hydroxylation is 1. The normalized spacial score (nSPS) is 10.8. The second-order valence-corrected chi connectivity index (χ2v) is 7.21. The molecule has 28 heavy (non-hydrogen) atoms. The van der Waals surface area contributed by atoms with Crippen LogP contribution in [0.3, 0.4) is 0 Å². The minimum atomic E-state index is 0.0620. The molecule has 0 saturated carbocycles. The molecule has 0 unspecified atom stereocenters. The van der Waals surface area contributed by atoms with Crippen molar-refractivity contribution in [2.45, 2.75) is 12.1 Å². The van der Waals surface area contributed by atoms with E-state index in [0.717, 1.165) is 16.9 Å². The SMILES string of the molecule is Cc1ccc(C(=O)CSc2nnc(-c3ccccn3)n2-c2ccccc2)cc1. The number of hydrogen-bond donors (Lipinski definition) is 0. The highest BCUT2D eigenvalue weighted by Crippen LogP contribution is 2.27. The Morgan fingerprint density at radius 1 is 0.929 bits per heavy atom. The van der Waals surface area contributed by atoms with Crippen molar-refractivity contribution in [1.29, 1.82) is 0 Å². The Bertz CT molecular complexity index is 1080. The second kappa shape index (κ2) is 8.19. The van der Waals surface area contributed by atoms with Crippen molar-refractivity contribution in [3.63, 3.8) is 0 Å². The predicted molar refractivity (Wildman–Crippen MR) is 111 cm³/mol. The maximum absolute atomic E-state index is 12.6. The van der Waals surface area contributed by atoms with Crippen molar-refractivity contribution in [3.05, 3.63) is 90.1 Å². The highest BCUT2D eigenvalue weighted by molar-refractivity contribution is 7.99. The largest absolute Gasteiger partial charge is 0.293 e. The van der Waals surface area contributed by atoms with Gasteiger partial charge in [0.2, 0.25) is 0 Å². The molecule has 0 radical (unpaired) electrons. The topological polar surface area (TPSA) is 60.7 Å². The number of nitrogens with zero attached hydrogens (tertiary/aromatic N) is 4. The Labute approximate surface area is 167 Å². The summed E-state index contributed by atoms with van der Waals surface area (Å²) in [5, 5.41) is 9.34. The van der Waals surface area contributed by atoms with Gasteiger partial charge in [-0.3, -0.25) is 14.3 Å². The van der Waals surface area contributed by atoms with E-state index in [1.165, 1.54) is 11.8 Å². The highest BCUT2D eigenvalue weighted by Gasteiger charge is 2.18. The summed E-state index contributed by atoms with van der Waals surface area (Å²) in [6.07, 6.45) is 1.73. The molecule has 2 heterocycles. The molecule has 6 heteroatoms. The lowest BCUT2D eigenvalue weighted by Crippen LogP contribution is -2.05. The zero-order chi connectivity index (χ0) is 19.3. The summed E-state index contributed by atoms with van der Waals surface area (Å²) in [7, 11) is 0. The van der Waals surface area contributed by atoms with Crippen LogP contribution in [0.2, 0.25) is 0 Å². The lowest BCUT2D eigenvalue weighted by molar-refractivity contribution is 0.102. The molecule has 0 amide bonds. The molecule has 0 saturated heterocycles. The van der Waals surface area contributed by atoms with Gasteiger partial charge in [0.25, 0.3) is 0 Å². The molecule has 0 spiro atoms. The first-order chi connectivity index (χ1) is 13.7. The Balaban J connectivity index is 1.65. The van der Waals surface area contributed by atoms with Gasteiger partial charge in [0.05, 0.1) is 5.75 Å². The highest BCUT2D eigenvalue weighted by atomic mass is 32.2. The number of carbonyl (C=O) groups is 1. The Morgan fingerprint density at radius 2 is 1.68 bits per heavy atom. The van der Waals surface area contributed by atoms with Crippen LogP contribution in [-0.4, -0.2) is 31.3 Å². The van der Waals surface area contributed by atoms with Crippen LogP contribution < -0.4 is 0 Å². The predicted octanol–water partition coefficient (Wildman–Crippen LogP) is 4.61. The smallest absolute Gasteiger partial charge is 0.196 e. The standard InChI is InChI=1S/C22H18N4OS/c1-16-10-12-17(13-11-16)20(27)15-28-22-25-24-21(19-9-5-6-14-23-19)26(22)18-7-3-2-4-8-18/h2-14H,15H2,1H3. The molecular weight excluding hydrogens is 368 g/mol. The first-order valence-electron chi connectivity index (χ1n) is 8.87. The summed E-state index contributed by atoms with van der Waals surface area (Å²) in [4.78, 5) is 17.0. The first-order valence-corrected chi connectivity index (χ1v) is 9.86. The maximum atomic E-state index is 12.6. The molecule has 0 aliphatic carbocycles. The Hall–Kier alpha value is -3.25. The summed E-state index contributed by atoms with van der Waals surface area (Å²) >= 11 is 1.38. The molecule has 0 bridgehead atoms. The number of para-hydroxylation sites is 1. The molecule has 4 rings (SSSR count). The van der Waals surface area contributed by atoms with E-state index >= 15 is 0 Å². The van der Waals surface area contributed by atoms with Gasteiger partial charge in [-0.2, -0.15) is 0 Å². The van der Waals surface area contributed by atoms with E-state index in [0.29, 0.717) is 16.5 Å². The van der Waals surface area contributed by atoms with Crippen LogP contribution in [0.15, 0.2) is 84.1 Å². The number of pyridine rings is 1. The maximum Gasteiger partial charge on any atom is 0.196 e. The van der Waals surface area contributed by atoms with Crippen molar-refractivity contribution in [2.24, 2.45) is 0 Å². The monoisotopic (exact) mass is 386 g/mol. The van der Waals surface area contributed by atoms with E-state index in [-0.39, 0.29) is 11.5 Å². The van der Waals surface area contributed by atoms with Gasteiger partial charge in [0, 0.05) is 17.4 Å². The molecular formula is C22H18N4OS. The van der Waals surface area contributed by atoms with Crippen LogP contribution in [0.1, 0.15) is 15.9 Å². The van der Waals surface area contributed by atoms with Crippen molar-refractivity contribution in [1.82, 2.24) is 19.7 Å². The number of Topliss-reactive ketones (excluding diaryl/α,β-unsaturated/α-hetero) is 1. The van der Waals surface area contributed by atoms with Crippen LogP contribution in [0.25, 0.3) is 17.2 Å². The van der Waals surface area contributed by atoms with Crippen LogP contribution >= 0.6 is 11.8 Å². The number of hydrogen-bond acceptors (Lipinski definition) is 5. The third-order valence-corrected chi connectivity index (χ3v) is 5.18. The third-order valence-electron chi connectivity index (χ3n) is 4.25. The van der Waals surface area contributed by atoms with E-state index in [9.17, 15) is 4.79 Å². The lowest BCUT2D eigenvalue weighted by Gasteiger charge is -2.09. The molecule has 0 aliphatic rings. The molecule has 4 aromatic rings. The fourth-order valence-electron chi connectivity index (χ4n) is 2.79. The van der Waals surface area contributed by atoms with Gasteiger partial charge in [-0.15, -0.1) is 10.2 Å². The van der Waals surface area contributed by atoms with Crippen LogP contribution in [0, 0.1) is 6.92 Å². The number of aromatic nitrogens is 4. The van der Waals surface area contributed by atoms with Gasteiger partial charge >= 0.3 is 0 Å². The van der Waals surface area contributed by atoms with Gasteiger partial charge in [-0.25, -0.2) is 0 Å². The van der Waals surface area contributed by atoms with Crippen molar-refractivity contribution in [3.8, 4) is 17.2 Å². The van der Waals surface area contributed by atoms with Crippen molar-refractivity contribution >= 4 is 17.5 Å². The van der Waals surface area contributed by atoms with Gasteiger partial charge in [-0.05, 0) is 31.2 Å². The lowest BCUT2D eigenvalue weighted by atomic mass is 10.1. The molecule has 0 aliphatic heterocycles. The van der Waals surface area contributed by atoms with Crippen LogP contribution in [0.4, 0.5) is 0 Å². The number of ketones is 1. The van der Waals surface area contributed by atoms with Crippen LogP contribution in [-0.2, 0) is 0 Å². The van der Waals surface area contributed by atoms with Crippen molar-refractivity contribution < 1.29 is 4.79 Å². The van der Waals surface area contributed by atoms with E-state index in [1.54, 1.807) is 6.20 Å². The zero-order valence-corrected chi connectivity index (χ0v) is 16.1. The Morgan fingerprint density at radius 3 is 2.39 bits per heavy atom. The molecule has 0 fully saturated rings. The van der Waals surface area contributed by atoms with Gasteiger partial charge in [-0.1, -0.05) is 65.9 Å². The molecule has 2 aromatic heterocycles. The second-order valence-electron chi connectivity index (χ2n) is 6.27.